The zero-order chi connectivity index (χ0) is 13.7. The summed E-state index contributed by atoms with van der Waals surface area (Å²) in [6.07, 6.45) is 0.749. The summed E-state index contributed by atoms with van der Waals surface area (Å²) in [6.45, 7) is 2.20. The van der Waals surface area contributed by atoms with E-state index in [9.17, 15) is 4.79 Å². The van der Waals surface area contributed by atoms with Crippen molar-refractivity contribution >= 4 is 5.91 Å². The number of amides is 1. The number of ether oxygens (including phenoxy) is 2. The highest BCUT2D eigenvalue weighted by molar-refractivity contribution is 5.80. The minimum atomic E-state index is 0.131. The Morgan fingerprint density at radius 3 is 2.74 bits per heavy atom. The van der Waals surface area contributed by atoms with Crippen LogP contribution in [0.2, 0.25) is 0 Å². The number of nitrogens with one attached hydrogen (secondary N) is 2. The highest BCUT2D eigenvalue weighted by atomic mass is 16.5. The van der Waals surface area contributed by atoms with Crippen LogP contribution in [0, 0.1) is 5.92 Å². The van der Waals surface area contributed by atoms with Crippen molar-refractivity contribution in [3.05, 3.63) is 23.8 Å². The first-order chi connectivity index (χ1) is 9.24. The molecule has 104 valence electrons. The Hall–Kier alpha value is -1.75. The van der Waals surface area contributed by atoms with Crippen LogP contribution in [-0.2, 0) is 11.2 Å². The van der Waals surface area contributed by atoms with E-state index in [1.165, 1.54) is 0 Å². The molecule has 1 aliphatic heterocycles. The molecule has 1 aromatic rings. The number of benzene rings is 1. The molecular formula is C14H20N2O3. The fraction of sp³-hybridized carbons (Fsp3) is 0.500. The summed E-state index contributed by atoms with van der Waals surface area (Å²) in [4.78, 5) is 11.7. The van der Waals surface area contributed by atoms with Crippen LogP contribution in [0.4, 0.5) is 0 Å². The van der Waals surface area contributed by atoms with Gasteiger partial charge in [-0.25, -0.2) is 0 Å². The number of rotatable bonds is 6. The molecule has 2 N–H and O–H groups in total. The first-order valence-electron chi connectivity index (χ1n) is 6.44. The lowest BCUT2D eigenvalue weighted by molar-refractivity contribution is -0.126. The fourth-order valence-electron chi connectivity index (χ4n) is 2.00. The lowest BCUT2D eigenvalue weighted by atomic mass is 10.0. The maximum Gasteiger partial charge on any atom is 0.225 e. The van der Waals surface area contributed by atoms with E-state index in [-0.39, 0.29) is 11.8 Å². The van der Waals surface area contributed by atoms with Gasteiger partial charge in [0.2, 0.25) is 5.91 Å². The van der Waals surface area contributed by atoms with Crippen molar-refractivity contribution in [1.82, 2.24) is 10.6 Å². The summed E-state index contributed by atoms with van der Waals surface area (Å²) < 4.78 is 10.5. The van der Waals surface area contributed by atoms with Crippen molar-refractivity contribution in [2.45, 2.75) is 6.42 Å². The molecule has 0 aromatic heterocycles. The Labute approximate surface area is 113 Å². The molecule has 1 aliphatic rings. The van der Waals surface area contributed by atoms with Gasteiger partial charge in [0.25, 0.3) is 0 Å². The predicted octanol–water partition coefficient (Wildman–Crippen LogP) is 0.582. The van der Waals surface area contributed by atoms with Crippen LogP contribution in [0.1, 0.15) is 5.56 Å². The standard InChI is InChI=1S/C14H20N2O3/c1-18-12-4-3-10(13(7-12)19-2)5-6-16-14(17)11-8-15-9-11/h3-4,7,11,15H,5-6,8-9H2,1-2H3,(H,16,17). The highest BCUT2D eigenvalue weighted by Crippen LogP contribution is 2.24. The van der Waals surface area contributed by atoms with Crippen molar-refractivity contribution in [3.63, 3.8) is 0 Å². The Balaban J connectivity index is 1.86. The minimum Gasteiger partial charge on any atom is -0.497 e. The van der Waals surface area contributed by atoms with Crippen LogP contribution < -0.4 is 20.1 Å². The molecule has 1 aromatic carbocycles. The van der Waals surface area contributed by atoms with Crippen molar-refractivity contribution < 1.29 is 14.3 Å². The lowest BCUT2D eigenvalue weighted by Gasteiger charge is -2.25. The Morgan fingerprint density at radius 2 is 2.16 bits per heavy atom. The summed E-state index contributed by atoms with van der Waals surface area (Å²) in [7, 11) is 3.26. The monoisotopic (exact) mass is 264 g/mol. The normalized spacial score (nSPS) is 14.6. The third kappa shape index (κ3) is 3.38. The molecule has 5 heteroatoms. The van der Waals surface area contributed by atoms with E-state index in [1.54, 1.807) is 14.2 Å². The van der Waals surface area contributed by atoms with E-state index in [2.05, 4.69) is 10.6 Å². The number of hydrogen-bond donors (Lipinski definition) is 2. The fourth-order valence-corrected chi connectivity index (χ4v) is 2.00. The third-order valence-electron chi connectivity index (χ3n) is 3.34. The summed E-state index contributed by atoms with van der Waals surface area (Å²) in [5, 5.41) is 6.03. The second-order valence-electron chi connectivity index (χ2n) is 4.57. The van der Waals surface area contributed by atoms with Gasteiger partial charge in [-0.15, -0.1) is 0 Å². The lowest BCUT2D eigenvalue weighted by Crippen LogP contribution is -2.51. The number of hydrogen-bond acceptors (Lipinski definition) is 4. The van der Waals surface area contributed by atoms with Gasteiger partial charge in [0.1, 0.15) is 11.5 Å². The average Bonchev–Trinajstić information content (AvgIpc) is 2.37. The van der Waals surface area contributed by atoms with Crippen molar-refractivity contribution in [2.75, 3.05) is 33.9 Å². The predicted molar refractivity (Wildman–Crippen MR) is 72.6 cm³/mol. The molecule has 1 heterocycles. The van der Waals surface area contributed by atoms with E-state index in [1.807, 2.05) is 18.2 Å². The Kier molecular flexibility index (Phi) is 4.63. The molecule has 1 fully saturated rings. The van der Waals surface area contributed by atoms with Crippen LogP contribution >= 0.6 is 0 Å². The molecule has 0 atom stereocenters. The number of carbonyl (C=O) groups excluding carboxylic acids is 1. The molecule has 2 rings (SSSR count). The van der Waals surface area contributed by atoms with Gasteiger partial charge in [-0.3, -0.25) is 4.79 Å². The van der Waals surface area contributed by atoms with E-state index >= 15 is 0 Å². The van der Waals surface area contributed by atoms with Crippen molar-refractivity contribution in [3.8, 4) is 11.5 Å². The first-order valence-corrected chi connectivity index (χ1v) is 6.44. The van der Waals surface area contributed by atoms with Crippen LogP contribution in [-0.4, -0.2) is 39.8 Å². The van der Waals surface area contributed by atoms with Crippen molar-refractivity contribution in [1.29, 1.82) is 0 Å². The van der Waals surface area contributed by atoms with Crippen LogP contribution in [0.3, 0.4) is 0 Å². The van der Waals surface area contributed by atoms with E-state index in [4.69, 9.17) is 9.47 Å². The molecular weight excluding hydrogens is 244 g/mol. The highest BCUT2D eigenvalue weighted by Gasteiger charge is 2.24. The molecule has 0 radical (unpaired) electrons. The molecule has 0 saturated carbocycles. The molecule has 19 heavy (non-hydrogen) atoms. The van der Waals surface area contributed by atoms with Crippen LogP contribution in [0.15, 0.2) is 18.2 Å². The summed E-state index contributed by atoms with van der Waals surface area (Å²) in [5.74, 6) is 1.83. The molecule has 5 nitrogen and oxygen atoms in total. The topological polar surface area (TPSA) is 59.6 Å². The zero-order valence-corrected chi connectivity index (χ0v) is 11.4. The maximum absolute atomic E-state index is 11.7. The van der Waals surface area contributed by atoms with Crippen LogP contribution in [0.25, 0.3) is 0 Å². The van der Waals surface area contributed by atoms with E-state index in [0.717, 1.165) is 36.6 Å². The van der Waals surface area contributed by atoms with Gasteiger partial charge in [0.15, 0.2) is 0 Å². The van der Waals surface area contributed by atoms with Crippen LogP contribution in [0.5, 0.6) is 11.5 Å². The van der Waals surface area contributed by atoms with E-state index < -0.39 is 0 Å². The minimum absolute atomic E-state index is 0.131. The molecule has 0 bridgehead atoms. The molecule has 1 amide bonds. The summed E-state index contributed by atoms with van der Waals surface area (Å²) >= 11 is 0. The third-order valence-corrected chi connectivity index (χ3v) is 3.34. The van der Waals surface area contributed by atoms with Gasteiger partial charge in [-0.1, -0.05) is 6.07 Å². The van der Waals surface area contributed by atoms with E-state index in [0.29, 0.717) is 6.54 Å². The number of methoxy groups -OCH3 is 2. The van der Waals surface area contributed by atoms with Gasteiger partial charge >= 0.3 is 0 Å². The second kappa shape index (κ2) is 6.43. The quantitative estimate of drug-likeness (QED) is 0.789. The number of carbonyl (C=O) groups is 1. The summed E-state index contributed by atoms with van der Waals surface area (Å²) in [6, 6.07) is 5.72. The summed E-state index contributed by atoms with van der Waals surface area (Å²) in [5.41, 5.74) is 1.07. The van der Waals surface area contributed by atoms with Gasteiger partial charge in [0.05, 0.1) is 20.1 Å². The largest absolute Gasteiger partial charge is 0.497 e. The van der Waals surface area contributed by atoms with Crippen molar-refractivity contribution in [2.24, 2.45) is 5.92 Å². The molecule has 0 spiro atoms. The smallest absolute Gasteiger partial charge is 0.225 e. The maximum atomic E-state index is 11.7. The second-order valence-corrected chi connectivity index (χ2v) is 4.57. The first kappa shape index (κ1) is 13.7. The Bertz CT molecular complexity index is 444. The SMILES string of the molecule is COc1ccc(CCNC(=O)C2CNC2)c(OC)c1. The molecule has 0 aliphatic carbocycles. The Morgan fingerprint density at radius 1 is 1.37 bits per heavy atom. The van der Waals surface area contributed by atoms with Gasteiger partial charge in [-0.05, 0) is 18.1 Å². The average molecular weight is 264 g/mol. The molecule has 0 unspecified atom stereocenters. The zero-order valence-electron chi connectivity index (χ0n) is 11.4. The molecule has 1 saturated heterocycles. The van der Waals surface area contributed by atoms with Gasteiger partial charge in [-0.2, -0.15) is 0 Å². The van der Waals surface area contributed by atoms with Gasteiger partial charge in [0, 0.05) is 25.7 Å². The van der Waals surface area contributed by atoms with Gasteiger partial charge < -0.3 is 20.1 Å².